The van der Waals surface area contributed by atoms with E-state index in [-0.39, 0.29) is 5.56 Å². The van der Waals surface area contributed by atoms with Gasteiger partial charge in [0, 0.05) is 30.1 Å². The van der Waals surface area contributed by atoms with Crippen molar-refractivity contribution in [2.75, 3.05) is 12.8 Å². The van der Waals surface area contributed by atoms with E-state index in [0.717, 1.165) is 5.56 Å². The molecule has 0 spiro atoms. The third kappa shape index (κ3) is 2.62. The Labute approximate surface area is 110 Å². The van der Waals surface area contributed by atoms with Crippen LogP contribution in [0.25, 0.3) is 11.1 Å². The third-order valence-electron chi connectivity index (χ3n) is 2.97. The number of nitrogens with two attached hydrogens (primary N) is 1. The second-order valence-corrected chi connectivity index (χ2v) is 4.30. The van der Waals surface area contributed by atoms with Gasteiger partial charge in [0.2, 0.25) is 0 Å². The number of benzene rings is 2. The van der Waals surface area contributed by atoms with Crippen LogP contribution in [0.3, 0.4) is 0 Å². The second-order valence-electron chi connectivity index (χ2n) is 4.30. The summed E-state index contributed by atoms with van der Waals surface area (Å²) < 4.78 is 27.1. The Morgan fingerprint density at radius 2 is 1.68 bits per heavy atom. The highest BCUT2D eigenvalue weighted by Gasteiger charge is 2.09. The molecule has 98 valence electrons. The molecule has 0 atom stereocenters. The van der Waals surface area contributed by atoms with Gasteiger partial charge in [0.1, 0.15) is 11.6 Å². The van der Waals surface area contributed by atoms with Gasteiger partial charge in [-0.15, -0.1) is 0 Å². The monoisotopic (exact) mass is 260 g/mol. The van der Waals surface area contributed by atoms with Crippen LogP contribution < -0.4 is 5.73 Å². The van der Waals surface area contributed by atoms with Gasteiger partial charge >= 0.3 is 0 Å². The molecule has 2 nitrogen and oxygen atoms in total. The average molecular weight is 260 g/mol. The van der Waals surface area contributed by atoms with Gasteiger partial charge in [-0.05, 0) is 42.3 Å². The highest BCUT2D eigenvalue weighted by atomic mass is 19.1. The van der Waals surface area contributed by atoms with E-state index in [1.165, 1.54) is 19.1 Å². The first-order chi connectivity index (χ1) is 9.02. The van der Waals surface area contributed by atoms with Gasteiger partial charge in [-0.25, -0.2) is 8.78 Å². The Hall–Kier alpha value is -2.23. The van der Waals surface area contributed by atoms with Crippen LogP contribution in [-0.2, 0) is 0 Å². The summed E-state index contributed by atoms with van der Waals surface area (Å²) in [5.41, 5.74) is 8.29. The van der Waals surface area contributed by atoms with Crippen LogP contribution in [0.4, 0.5) is 14.5 Å². The zero-order chi connectivity index (χ0) is 14.0. The number of hydrogen-bond acceptors (Lipinski definition) is 2. The zero-order valence-corrected chi connectivity index (χ0v) is 10.7. The van der Waals surface area contributed by atoms with E-state index in [9.17, 15) is 8.78 Å². The molecule has 0 heterocycles. The van der Waals surface area contributed by atoms with Crippen molar-refractivity contribution < 1.29 is 8.78 Å². The van der Waals surface area contributed by atoms with Crippen LogP contribution in [0.2, 0.25) is 0 Å². The Bertz CT molecular complexity index is 626. The first-order valence-electron chi connectivity index (χ1n) is 5.80. The van der Waals surface area contributed by atoms with E-state index in [0.29, 0.717) is 16.8 Å². The summed E-state index contributed by atoms with van der Waals surface area (Å²) in [6.07, 6.45) is 1.61. The number of aliphatic imine (C=N–C) groups is 1. The minimum atomic E-state index is -0.558. The fourth-order valence-corrected chi connectivity index (χ4v) is 1.82. The Morgan fingerprint density at radius 1 is 1.05 bits per heavy atom. The first kappa shape index (κ1) is 13.2. The quantitative estimate of drug-likeness (QED) is 0.650. The second kappa shape index (κ2) is 5.18. The summed E-state index contributed by atoms with van der Waals surface area (Å²) in [6, 6.07) is 7.81. The lowest BCUT2D eigenvalue weighted by Crippen LogP contribution is -1.95. The molecule has 0 unspecified atom stereocenters. The zero-order valence-electron chi connectivity index (χ0n) is 10.7. The lowest BCUT2D eigenvalue weighted by molar-refractivity contribution is 0.569. The fraction of sp³-hybridized carbons (Fsp3) is 0.133. The molecule has 2 N–H and O–H groups in total. The summed E-state index contributed by atoms with van der Waals surface area (Å²) >= 11 is 0. The molecule has 4 heteroatoms. The normalized spacial score (nSPS) is 11.2. The molecule has 0 aromatic heterocycles. The Kier molecular flexibility index (Phi) is 3.60. The van der Waals surface area contributed by atoms with E-state index in [4.69, 9.17) is 5.73 Å². The van der Waals surface area contributed by atoms with E-state index in [2.05, 4.69) is 4.99 Å². The maximum absolute atomic E-state index is 13.6. The molecule has 0 radical (unpaired) electrons. The van der Waals surface area contributed by atoms with Gasteiger partial charge in [0.15, 0.2) is 0 Å². The van der Waals surface area contributed by atoms with Gasteiger partial charge in [0.25, 0.3) is 0 Å². The molecule has 0 amide bonds. The van der Waals surface area contributed by atoms with Crippen molar-refractivity contribution in [1.82, 2.24) is 0 Å². The summed E-state index contributed by atoms with van der Waals surface area (Å²) in [5, 5.41) is 0. The van der Waals surface area contributed by atoms with Crippen LogP contribution in [0.1, 0.15) is 11.1 Å². The molecule has 2 rings (SSSR count). The number of rotatable bonds is 2. The molecular weight excluding hydrogens is 246 g/mol. The van der Waals surface area contributed by atoms with Crippen LogP contribution in [0.15, 0.2) is 35.3 Å². The molecule has 0 aliphatic rings. The lowest BCUT2D eigenvalue weighted by atomic mass is 10.0. The molecule has 19 heavy (non-hydrogen) atoms. The average Bonchev–Trinajstić information content (AvgIpc) is 2.38. The van der Waals surface area contributed by atoms with E-state index in [1.807, 2.05) is 0 Å². The van der Waals surface area contributed by atoms with E-state index < -0.39 is 11.6 Å². The SMILES string of the molecule is CN=Cc1cc(-c2cc(F)c(C)c(F)c2)ccc1N. The molecule has 2 aromatic carbocycles. The first-order valence-corrected chi connectivity index (χ1v) is 5.80. The van der Waals surface area contributed by atoms with Crippen molar-refractivity contribution in [3.63, 3.8) is 0 Å². The molecule has 0 fully saturated rings. The molecule has 0 bridgehead atoms. The predicted molar refractivity (Wildman–Crippen MR) is 74.5 cm³/mol. The number of halogens is 2. The van der Waals surface area contributed by atoms with Gasteiger partial charge in [-0.1, -0.05) is 6.07 Å². The van der Waals surface area contributed by atoms with Crippen molar-refractivity contribution in [2.24, 2.45) is 4.99 Å². The van der Waals surface area contributed by atoms with E-state index >= 15 is 0 Å². The Morgan fingerprint density at radius 3 is 2.26 bits per heavy atom. The molecule has 0 aliphatic heterocycles. The summed E-state index contributed by atoms with van der Waals surface area (Å²) in [7, 11) is 1.64. The lowest BCUT2D eigenvalue weighted by Gasteiger charge is -2.08. The van der Waals surface area contributed by atoms with Crippen LogP contribution >= 0.6 is 0 Å². The van der Waals surface area contributed by atoms with Crippen molar-refractivity contribution in [2.45, 2.75) is 6.92 Å². The van der Waals surface area contributed by atoms with Crippen molar-refractivity contribution in [3.8, 4) is 11.1 Å². The minimum Gasteiger partial charge on any atom is -0.398 e. The number of hydrogen-bond donors (Lipinski definition) is 1. The van der Waals surface area contributed by atoms with Crippen LogP contribution in [0.5, 0.6) is 0 Å². The van der Waals surface area contributed by atoms with Gasteiger partial charge in [-0.3, -0.25) is 4.99 Å². The van der Waals surface area contributed by atoms with Crippen molar-refractivity contribution >= 4 is 11.9 Å². The summed E-state index contributed by atoms with van der Waals surface area (Å²) in [5.74, 6) is -1.12. The molecular formula is C15H14F2N2. The molecule has 0 aliphatic carbocycles. The summed E-state index contributed by atoms with van der Waals surface area (Å²) in [6.45, 7) is 1.41. The summed E-state index contributed by atoms with van der Waals surface area (Å²) in [4.78, 5) is 3.90. The van der Waals surface area contributed by atoms with Crippen molar-refractivity contribution in [1.29, 1.82) is 0 Å². The van der Waals surface area contributed by atoms with Gasteiger partial charge < -0.3 is 5.73 Å². The van der Waals surface area contributed by atoms with Crippen LogP contribution in [-0.4, -0.2) is 13.3 Å². The highest BCUT2D eigenvalue weighted by molar-refractivity contribution is 5.89. The van der Waals surface area contributed by atoms with Crippen molar-refractivity contribution in [3.05, 3.63) is 53.1 Å². The highest BCUT2D eigenvalue weighted by Crippen LogP contribution is 2.26. The van der Waals surface area contributed by atoms with Crippen LogP contribution in [0, 0.1) is 18.6 Å². The van der Waals surface area contributed by atoms with Gasteiger partial charge in [0.05, 0.1) is 0 Å². The predicted octanol–water partition coefficient (Wildman–Crippen LogP) is 3.57. The molecule has 2 aromatic rings. The topological polar surface area (TPSA) is 38.4 Å². The largest absolute Gasteiger partial charge is 0.398 e. The van der Waals surface area contributed by atoms with Gasteiger partial charge in [-0.2, -0.15) is 0 Å². The Balaban J connectivity index is 2.56. The molecule has 0 saturated carbocycles. The number of nitrogens with zero attached hydrogens (tertiary/aromatic N) is 1. The standard InChI is InChI=1S/C15H14F2N2/c1-9-13(16)6-11(7-14(9)17)10-3-4-15(18)12(5-10)8-19-2/h3-8H,18H2,1-2H3. The number of anilines is 1. The molecule has 0 saturated heterocycles. The third-order valence-corrected chi connectivity index (χ3v) is 2.97. The number of nitrogen functional groups attached to an aromatic ring is 1. The van der Waals surface area contributed by atoms with E-state index in [1.54, 1.807) is 31.5 Å². The minimum absolute atomic E-state index is 0.0227. The maximum Gasteiger partial charge on any atom is 0.129 e. The smallest absolute Gasteiger partial charge is 0.129 e. The fourth-order valence-electron chi connectivity index (χ4n) is 1.82. The maximum atomic E-state index is 13.6.